The van der Waals surface area contributed by atoms with E-state index in [0.717, 1.165) is 57.8 Å². The second-order valence-electron chi connectivity index (χ2n) is 7.49. The topological polar surface area (TPSA) is 78.9 Å². The van der Waals surface area contributed by atoms with Crippen molar-refractivity contribution >= 4 is 64.4 Å². The van der Waals surface area contributed by atoms with Gasteiger partial charge in [0, 0.05) is 0 Å². The van der Waals surface area contributed by atoms with Gasteiger partial charge in [0.15, 0.2) is 0 Å². The Hall–Kier alpha value is -0.110. The molecule has 3 unspecified atom stereocenters. The lowest BCUT2D eigenvalue weighted by Gasteiger charge is -2.19. The number of thiol groups is 3. The van der Waals surface area contributed by atoms with Crippen LogP contribution in [0.1, 0.15) is 97.8 Å². The molecule has 0 aromatic heterocycles. The standard InChI is InChI=1S/C21H39O6PS3/c1-4-7-10-13-16(29)19(22)25-28(26-20(23)17(30)14-11-8-5-2)27-21(24)18(31)15-12-9-6-3/h16-18,29-31H,4-15H2,1-3H3. The highest BCUT2D eigenvalue weighted by Crippen LogP contribution is 2.42. The largest absolute Gasteiger partial charge is 0.537 e. The molecule has 3 atom stereocenters. The van der Waals surface area contributed by atoms with Gasteiger partial charge in [0.05, 0.1) is 15.7 Å². The number of carbonyl (C=O) groups is 3. The molecule has 0 radical (unpaired) electrons. The normalized spacial score (nSPS) is 14.9. The fraction of sp³-hybridized carbons (Fsp3) is 0.857. The monoisotopic (exact) mass is 514 g/mol. The van der Waals surface area contributed by atoms with Crippen molar-refractivity contribution in [3.8, 4) is 0 Å². The zero-order valence-electron chi connectivity index (χ0n) is 19.0. The molecule has 0 bridgehead atoms. The van der Waals surface area contributed by atoms with E-state index in [1.165, 1.54) is 0 Å². The smallest absolute Gasteiger partial charge is 0.374 e. The van der Waals surface area contributed by atoms with E-state index < -0.39 is 42.3 Å². The Kier molecular flexibility index (Phi) is 19.3. The first kappa shape index (κ1) is 30.9. The first-order chi connectivity index (χ1) is 14.8. The van der Waals surface area contributed by atoms with Gasteiger partial charge in [0.2, 0.25) is 0 Å². The number of rotatable bonds is 18. The van der Waals surface area contributed by atoms with Crippen LogP contribution in [0.2, 0.25) is 0 Å². The van der Waals surface area contributed by atoms with Crippen molar-refractivity contribution < 1.29 is 28.0 Å². The molecule has 0 saturated heterocycles. The lowest BCUT2D eigenvalue weighted by atomic mass is 10.1. The minimum absolute atomic E-state index is 0.527. The molecule has 31 heavy (non-hydrogen) atoms. The quantitative estimate of drug-likeness (QED) is 0.110. The average Bonchev–Trinajstić information content (AvgIpc) is 2.73. The lowest BCUT2D eigenvalue weighted by molar-refractivity contribution is -0.141. The molecule has 0 spiro atoms. The van der Waals surface area contributed by atoms with E-state index in [-0.39, 0.29) is 0 Å². The third-order valence-corrected chi connectivity index (χ3v) is 6.95. The molecule has 0 amide bonds. The van der Waals surface area contributed by atoms with Crippen LogP contribution in [-0.4, -0.2) is 33.7 Å². The third kappa shape index (κ3) is 15.4. The maximum Gasteiger partial charge on any atom is 0.537 e. The highest BCUT2D eigenvalue weighted by Gasteiger charge is 2.33. The van der Waals surface area contributed by atoms with Crippen molar-refractivity contribution in [2.75, 3.05) is 0 Å². The molecular formula is C21H39O6PS3. The Morgan fingerprint density at radius 1 is 0.581 bits per heavy atom. The summed E-state index contributed by atoms with van der Waals surface area (Å²) in [5.74, 6) is -2.02. The van der Waals surface area contributed by atoms with Crippen LogP contribution < -0.4 is 0 Å². The Morgan fingerprint density at radius 3 is 1.06 bits per heavy atom. The van der Waals surface area contributed by atoms with Gasteiger partial charge in [-0.25, -0.2) is 0 Å². The first-order valence-electron chi connectivity index (χ1n) is 11.3. The number of unbranched alkanes of at least 4 members (excludes halogenated alkanes) is 6. The summed E-state index contributed by atoms with van der Waals surface area (Å²) in [5, 5.41) is -2.04. The van der Waals surface area contributed by atoms with Crippen molar-refractivity contribution in [1.82, 2.24) is 0 Å². The molecule has 0 aromatic rings. The van der Waals surface area contributed by atoms with Crippen molar-refractivity contribution in [1.29, 1.82) is 0 Å². The molecular weight excluding hydrogens is 475 g/mol. The van der Waals surface area contributed by atoms with Crippen LogP contribution in [0, 0.1) is 0 Å². The van der Waals surface area contributed by atoms with E-state index >= 15 is 0 Å². The summed E-state index contributed by atoms with van der Waals surface area (Å²) in [6.07, 6.45) is 10.0. The summed E-state index contributed by atoms with van der Waals surface area (Å²) >= 11 is 12.8. The van der Waals surface area contributed by atoms with Gasteiger partial charge in [-0.1, -0.05) is 78.6 Å². The van der Waals surface area contributed by atoms with Gasteiger partial charge < -0.3 is 13.6 Å². The van der Waals surface area contributed by atoms with Crippen LogP contribution in [0.4, 0.5) is 0 Å². The van der Waals surface area contributed by atoms with Gasteiger partial charge in [-0.15, -0.1) is 0 Å². The fourth-order valence-electron chi connectivity index (χ4n) is 2.58. The molecule has 182 valence electrons. The molecule has 0 aromatic carbocycles. The van der Waals surface area contributed by atoms with E-state index in [1.807, 2.05) is 0 Å². The second-order valence-corrected chi connectivity index (χ2v) is 10.4. The number of hydrogen-bond donors (Lipinski definition) is 3. The molecule has 0 fully saturated rings. The molecule has 0 saturated carbocycles. The predicted octanol–water partition coefficient (Wildman–Crippen LogP) is 6.48. The SMILES string of the molecule is CCCCCC(S)C(=O)OP(OC(=O)C(S)CCCCC)OC(=O)C(S)CCCCC. The van der Waals surface area contributed by atoms with Gasteiger partial charge in [-0.3, -0.25) is 14.4 Å². The molecule has 0 heterocycles. The molecule has 0 rings (SSSR count). The molecule has 0 N–H and O–H groups in total. The number of hydrogen-bond acceptors (Lipinski definition) is 9. The summed E-state index contributed by atoms with van der Waals surface area (Å²) in [7, 11) is -2.53. The Balaban J connectivity index is 4.96. The lowest BCUT2D eigenvalue weighted by Crippen LogP contribution is -2.23. The van der Waals surface area contributed by atoms with E-state index in [9.17, 15) is 14.4 Å². The van der Waals surface area contributed by atoms with Crippen molar-refractivity contribution in [3.05, 3.63) is 0 Å². The van der Waals surface area contributed by atoms with Crippen molar-refractivity contribution in [2.24, 2.45) is 0 Å². The van der Waals surface area contributed by atoms with E-state index in [4.69, 9.17) is 13.6 Å². The van der Waals surface area contributed by atoms with E-state index in [0.29, 0.717) is 19.3 Å². The van der Waals surface area contributed by atoms with Crippen molar-refractivity contribution in [3.63, 3.8) is 0 Å². The van der Waals surface area contributed by atoms with Gasteiger partial charge in [0.1, 0.15) is 0 Å². The maximum atomic E-state index is 12.4. The van der Waals surface area contributed by atoms with Crippen LogP contribution in [0.25, 0.3) is 0 Å². The zero-order valence-corrected chi connectivity index (χ0v) is 22.5. The van der Waals surface area contributed by atoms with E-state index in [1.54, 1.807) is 0 Å². The molecule has 0 aliphatic carbocycles. The maximum absolute atomic E-state index is 12.4. The summed E-state index contributed by atoms with van der Waals surface area (Å²) in [6, 6.07) is 0. The highest BCUT2D eigenvalue weighted by molar-refractivity contribution is 7.82. The molecule has 6 nitrogen and oxygen atoms in total. The van der Waals surface area contributed by atoms with Gasteiger partial charge in [0.25, 0.3) is 0 Å². The minimum atomic E-state index is -2.53. The summed E-state index contributed by atoms with van der Waals surface area (Å²) in [6.45, 7) is 6.19. The third-order valence-electron chi connectivity index (χ3n) is 4.55. The second kappa shape index (κ2) is 19.4. The van der Waals surface area contributed by atoms with Gasteiger partial charge in [-0.2, -0.15) is 37.9 Å². The molecule has 0 aliphatic heterocycles. The summed E-state index contributed by atoms with van der Waals surface area (Å²) in [4.78, 5) is 37.1. The van der Waals surface area contributed by atoms with Crippen LogP contribution in [0.5, 0.6) is 0 Å². The first-order valence-corrected chi connectivity index (χ1v) is 13.9. The Bertz CT molecular complexity index is 452. The van der Waals surface area contributed by atoms with Gasteiger partial charge in [-0.05, 0) is 19.3 Å². The average molecular weight is 515 g/mol. The van der Waals surface area contributed by atoms with Gasteiger partial charge >= 0.3 is 26.5 Å². The van der Waals surface area contributed by atoms with Crippen LogP contribution in [0.3, 0.4) is 0 Å². The van der Waals surface area contributed by atoms with Crippen molar-refractivity contribution in [2.45, 2.75) is 114 Å². The summed E-state index contributed by atoms with van der Waals surface area (Å²) < 4.78 is 15.7. The van der Waals surface area contributed by atoms with Crippen LogP contribution >= 0.6 is 46.5 Å². The predicted molar refractivity (Wildman–Crippen MR) is 136 cm³/mol. The minimum Gasteiger partial charge on any atom is -0.374 e. The molecule has 0 aliphatic rings. The fourth-order valence-corrected chi connectivity index (χ4v) is 4.47. The number of carbonyl (C=O) groups excluding carboxylic acids is 3. The Labute approximate surface area is 205 Å². The van der Waals surface area contributed by atoms with E-state index in [2.05, 4.69) is 58.7 Å². The van der Waals surface area contributed by atoms with Crippen LogP contribution in [0.15, 0.2) is 0 Å². The summed E-state index contributed by atoms with van der Waals surface area (Å²) in [5.41, 5.74) is 0. The van der Waals surface area contributed by atoms with Crippen LogP contribution in [-0.2, 0) is 28.0 Å². The Morgan fingerprint density at radius 2 is 0.839 bits per heavy atom. The molecule has 10 heteroatoms. The highest BCUT2D eigenvalue weighted by atomic mass is 32.1. The zero-order chi connectivity index (χ0) is 23.6.